The van der Waals surface area contributed by atoms with Crippen molar-refractivity contribution in [2.24, 2.45) is 5.92 Å². The molecule has 2 atom stereocenters. The second kappa shape index (κ2) is 10.7. The Balaban J connectivity index is 2.16. The number of aliphatic hydroxyl groups excluding tert-OH is 1. The fourth-order valence-corrected chi connectivity index (χ4v) is 2.82. The van der Waals surface area contributed by atoms with Crippen molar-refractivity contribution in [1.29, 1.82) is 0 Å². The van der Waals surface area contributed by atoms with E-state index in [0.29, 0.717) is 19.3 Å². The lowest BCUT2D eigenvalue weighted by Crippen LogP contribution is -2.19. The van der Waals surface area contributed by atoms with Crippen LogP contribution in [0.25, 0.3) is 0 Å². The second-order valence-corrected chi connectivity index (χ2v) is 6.23. The number of carbonyl (C=O) groups excluding carboxylic acids is 2. The number of hydrogen-bond acceptors (Lipinski definition) is 3. The molecule has 3 heteroatoms. The average molecular weight is 294 g/mol. The Kier molecular flexibility index (Phi) is 9.24. The van der Waals surface area contributed by atoms with Gasteiger partial charge in [-0.2, -0.15) is 0 Å². The van der Waals surface area contributed by atoms with Gasteiger partial charge in [-0.05, 0) is 31.3 Å². The van der Waals surface area contributed by atoms with Gasteiger partial charge >= 0.3 is 0 Å². The summed E-state index contributed by atoms with van der Waals surface area (Å²) in [5, 5.41) is 9.83. The summed E-state index contributed by atoms with van der Waals surface area (Å²) in [6.45, 7) is 2.19. The lowest BCUT2D eigenvalue weighted by atomic mass is 9.88. The fraction of sp³-hybridized carbons (Fsp3) is 0.778. The lowest BCUT2D eigenvalue weighted by molar-refractivity contribution is -0.123. The highest BCUT2D eigenvalue weighted by molar-refractivity contribution is 5.93. The van der Waals surface area contributed by atoms with Gasteiger partial charge in [-0.3, -0.25) is 9.59 Å². The number of allylic oxidation sites excluding steroid dienone is 1. The summed E-state index contributed by atoms with van der Waals surface area (Å²) >= 11 is 0. The minimum Gasteiger partial charge on any atom is -0.385 e. The molecule has 0 aromatic carbocycles. The van der Waals surface area contributed by atoms with Gasteiger partial charge in [0, 0.05) is 12.8 Å². The van der Waals surface area contributed by atoms with Crippen LogP contribution < -0.4 is 0 Å². The quantitative estimate of drug-likeness (QED) is 0.490. The van der Waals surface area contributed by atoms with E-state index in [4.69, 9.17) is 0 Å². The Morgan fingerprint density at radius 2 is 2.00 bits per heavy atom. The molecule has 0 aromatic heterocycles. The Labute approximate surface area is 128 Å². The van der Waals surface area contributed by atoms with Gasteiger partial charge in [0.2, 0.25) is 0 Å². The van der Waals surface area contributed by atoms with Gasteiger partial charge < -0.3 is 5.11 Å². The standard InChI is InChI=1S/C18H30O3/c1-2-3-4-5-6-7-11-17(20)18(21)13-12-15-9-8-10-16(19)14-15/h12-13,15,17,20H,2-11,14H2,1H3/b13-12+/t15-,17+/m0/s1. The Hall–Kier alpha value is -0.960. The van der Waals surface area contributed by atoms with Crippen molar-refractivity contribution in [3.63, 3.8) is 0 Å². The normalized spacial score (nSPS) is 20.9. The minimum atomic E-state index is -0.869. The van der Waals surface area contributed by atoms with Crippen molar-refractivity contribution in [2.75, 3.05) is 0 Å². The first-order valence-electron chi connectivity index (χ1n) is 8.55. The highest BCUT2D eigenvalue weighted by Gasteiger charge is 2.18. The Morgan fingerprint density at radius 1 is 1.29 bits per heavy atom. The van der Waals surface area contributed by atoms with E-state index in [9.17, 15) is 14.7 Å². The molecule has 0 saturated heterocycles. The molecule has 1 aliphatic carbocycles. The molecule has 0 aromatic rings. The van der Waals surface area contributed by atoms with Crippen LogP contribution in [0.2, 0.25) is 0 Å². The summed E-state index contributed by atoms with van der Waals surface area (Å²) in [4.78, 5) is 23.1. The molecule has 1 aliphatic rings. The number of Topliss-reactive ketones (excluding diaryl/α,β-unsaturated/α-hetero) is 1. The molecule has 21 heavy (non-hydrogen) atoms. The summed E-state index contributed by atoms with van der Waals surface area (Å²) in [7, 11) is 0. The van der Waals surface area contributed by atoms with Gasteiger partial charge in [-0.25, -0.2) is 0 Å². The molecule has 0 radical (unpaired) electrons. The molecule has 1 fully saturated rings. The SMILES string of the molecule is CCCCCCCC[C@@H](O)C(=O)/C=C/[C@@H]1CCCC(=O)C1. The van der Waals surface area contributed by atoms with Crippen LogP contribution in [0.4, 0.5) is 0 Å². The first-order valence-corrected chi connectivity index (χ1v) is 8.55. The van der Waals surface area contributed by atoms with Crippen LogP contribution in [-0.2, 0) is 9.59 Å². The first-order chi connectivity index (χ1) is 10.1. The number of unbranched alkanes of at least 4 members (excludes halogenated alkanes) is 5. The molecule has 0 heterocycles. The van der Waals surface area contributed by atoms with Crippen LogP contribution in [0.3, 0.4) is 0 Å². The molecule has 0 unspecified atom stereocenters. The van der Waals surface area contributed by atoms with Crippen LogP contribution in [0.15, 0.2) is 12.2 Å². The van der Waals surface area contributed by atoms with Gasteiger partial charge in [0.05, 0.1) is 0 Å². The zero-order valence-electron chi connectivity index (χ0n) is 13.4. The molecular weight excluding hydrogens is 264 g/mol. The van der Waals surface area contributed by atoms with Gasteiger partial charge in [0.15, 0.2) is 5.78 Å². The molecule has 120 valence electrons. The topological polar surface area (TPSA) is 54.4 Å². The van der Waals surface area contributed by atoms with Crippen molar-refractivity contribution in [3.05, 3.63) is 12.2 Å². The zero-order chi connectivity index (χ0) is 15.5. The Bertz CT molecular complexity index is 346. The lowest BCUT2D eigenvalue weighted by Gasteiger charge is -2.17. The first kappa shape index (κ1) is 18.1. The highest BCUT2D eigenvalue weighted by Crippen LogP contribution is 2.22. The van der Waals surface area contributed by atoms with Crippen molar-refractivity contribution in [3.8, 4) is 0 Å². The van der Waals surface area contributed by atoms with Crippen LogP contribution in [0.1, 0.15) is 77.6 Å². The largest absolute Gasteiger partial charge is 0.385 e. The summed E-state index contributed by atoms with van der Waals surface area (Å²) in [5.74, 6) is 0.272. The summed E-state index contributed by atoms with van der Waals surface area (Å²) < 4.78 is 0. The Morgan fingerprint density at radius 3 is 2.71 bits per heavy atom. The summed E-state index contributed by atoms with van der Waals surface area (Å²) in [5.41, 5.74) is 0. The smallest absolute Gasteiger partial charge is 0.183 e. The molecule has 0 aliphatic heterocycles. The maximum atomic E-state index is 11.8. The number of carbonyl (C=O) groups is 2. The molecule has 0 bridgehead atoms. The van der Waals surface area contributed by atoms with E-state index in [1.165, 1.54) is 31.8 Å². The molecular formula is C18H30O3. The maximum absolute atomic E-state index is 11.8. The second-order valence-electron chi connectivity index (χ2n) is 6.23. The summed E-state index contributed by atoms with van der Waals surface area (Å²) in [6, 6.07) is 0. The van der Waals surface area contributed by atoms with E-state index in [1.807, 2.05) is 6.08 Å². The molecule has 0 amide bonds. The monoisotopic (exact) mass is 294 g/mol. The van der Waals surface area contributed by atoms with Gasteiger partial charge in [0.25, 0.3) is 0 Å². The predicted molar refractivity (Wildman–Crippen MR) is 85.1 cm³/mol. The van der Waals surface area contributed by atoms with Gasteiger partial charge in [-0.1, -0.05) is 51.5 Å². The van der Waals surface area contributed by atoms with Crippen molar-refractivity contribution in [1.82, 2.24) is 0 Å². The number of rotatable bonds is 10. The van der Waals surface area contributed by atoms with E-state index in [2.05, 4.69) is 6.92 Å². The molecule has 3 nitrogen and oxygen atoms in total. The molecule has 0 spiro atoms. The van der Waals surface area contributed by atoms with E-state index >= 15 is 0 Å². The third kappa shape index (κ3) is 8.15. The zero-order valence-corrected chi connectivity index (χ0v) is 13.4. The van der Waals surface area contributed by atoms with Crippen molar-refractivity contribution < 1.29 is 14.7 Å². The maximum Gasteiger partial charge on any atom is 0.183 e. The van der Waals surface area contributed by atoms with Crippen molar-refractivity contribution in [2.45, 2.75) is 83.7 Å². The van der Waals surface area contributed by atoms with Gasteiger partial charge in [0.1, 0.15) is 11.9 Å². The average Bonchev–Trinajstić information content (AvgIpc) is 2.48. The van der Waals surface area contributed by atoms with Crippen LogP contribution in [0, 0.1) is 5.92 Å². The highest BCUT2D eigenvalue weighted by atomic mass is 16.3. The minimum absolute atomic E-state index is 0.191. The summed E-state index contributed by atoms with van der Waals surface area (Å²) in [6.07, 6.45) is 13.1. The molecule has 1 saturated carbocycles. The van der Waals surface area contributed by atoms with E-state index < -0.39 is 6.10 Å². The van der Waals surface area contributed by atoms with Gasteiger partial charge in [-0.15, -0.1) is 0 Å². The predicted octanol–water partition coefficient (Wildman–Crippen LogP) is 3.98. The fourth-order valence-electron chi connectivity index (χ4n) is 2.82. The third-order valence-electron chi connectivity index (χ3n) is 4.21. The van der Waals surface area contributed by atoms with E-state index in [-0.39, 0.29) is 17.5 Å². The van der Waals surface area contributed by atoms with Crippen LogP contribution in [0.5, 0.6) is 0 Å². The van der Waals surface area contributed by atoms with E-state index in [0.717, 1.165) is 25.7 Å². The molecule has 1 rings (SSSR count). The van der Waals surface area contributed by atoms with Crippen molar-refractivity contribution >= 4 is 11.6 Å². The number of ketones is 2. The number of aliphatic hydroxyl groups is 1. The third-order valence-corrected chi connectivity index (χ3v) is 4.21. The van der Waals surface area contributed by atoms with E-state index in [1.54, 1.807) is 0 Å². The molecule has 1 N–H and O–H groups in total. The number of hydrogen-bond donors (Lipinski definition) is 1. The van der Waals surface area contributed by atoms with Crippen LogP contribution >= 0.6 is 0 Å². The van der Waals surface area contributed by atoms with Crippen LogP contribution in [-0.4, -0.2) is 22.8 Å².